The van der Waals surface area contributed by atoms with Crippen LogP contribution in [0.15, 0.2) is 40.8 Å². The molecule has 0 radical (unpaired) electrons. The minimum Gasteiger partial charge on any atom is -0.460 e. The maximum absolute atomic E-state index is 5.91. The molecule has 0 spiro atoms. The average Bonchev–Trinajstić information content (AvgIpc) is 3.05. The molecule has 1 aliphatic heterocycles. The maximum atomic E-state index is 5.91. The van der Waals surface area contributed by atoms with Crippen molar-refractivity contribution >= 4 is 24.0 Å². The van der Waals surface area contributed by atoms with Gasteiger partial charge in [0.2, 0.25) is 0 Å². The van der Waals surface area contributed by atoms with Crippen LogP contribution in [-0.2, 0) is 11.3 Å². The Bertz CT molecular complexity index is 595. The zero-order chi connectivity index (χ0) is 15.9. The Balaban J connectivity index is 0.00000208. The predicted molar refractivity (Wildman–Crippen MR) is 100.0 cm³/mol. The van der Waals surface area contributed by atoms with Crippen LogP contribution in [0, 0.1) is 0 Å². The summed E-state index contributed by atoms with van der Waals surface area (Å²) in [5.74, 6) is 1.84. The van der Waals surface area contributed by atoms with Crippen molar-refractivity contribution in [3.05, 3.63) is 47.2 Å². The van der Waals surface area contributed by atoms with Gasteiger partial charge < -0.3 is 14.5 Å². The Morgan fingerprint density at radius 2 is 1.79 bits per heavy atom. The molecule has 4 nitrogen and oxygen atoms in total. The Morgan fingerprint density at radius 1 is 1.04 bits per heavy atom. The lowest BCUT2D eigenvalue weighted by molar-refractivity contribution is 0.0374. The Labute approximate surface area is 154 Å². The van der Waals surface area contributed by atoms with Crippen LogP contribution in [0.25, 0.3) is 11.3 Å². The third-order valence-electron chi connectivity index (χ3n) is 4.02. The summed E-state index contributed by atoms with van der Waals surface area (Å²) in [5.41, 5.74) is 1.05. The van der Waals surface area contributed by atoms with E-state index in [1.807, 2.05) is 36.4 Å². The summed E-state index contributed by atoms with van der Waals surface area (Å²) in [5, 5.41) is 4.18. The fraction of sp³-hybridized carbons (Fsp3) is 0.444. The number of halogens is 2. The summed E-state index contributed by atoms with van der Waals surface area (Å²) in [6.45, 7) is 6.74. The van der Waals surface area contributed by atoms with Gasteiger partial charge in [-0.1, -0.05) is 11.6 Å². The number of ether oxygens (including phenoxy) is 1. The quantitative estimate of drug-likeness (QED) is 0.751. The molecule has 0 saturated carbocycles. The molecule has 1 saturated heterocycles. The number of hydrogen-bond acceptors (Lipinski definition) is 4. The zero-order valence-electron chi connectivity index (χ0n) is 13.7. The molecular formula is C18H24Cl2N2O2. The first-order chi connectivity index (χ1) is 11.3. The molecule has 0 unspecified atom stereocenters. The van der Waals surface area contributed by atoms with E-state index in [4.69, 9.17) is 20.8 Å². The van der Waals surface area contributed by atoms with Gasteiger partial charge in [-0.3, -0.25) is 4.90 Å². The molecule has 6 heteroatoms. The SMILES string of the molecule is Cl.Clc1ccc(-c2ccc(CNCCCN3CCOCC3)o2)cc1. The van der Waals surface area contributed by atoms with Crippen molar-refractivity contribution in [1.29, 1.82) is 0 Å². The van der Waals surface area contributed by atoms with Gasteiger partial charge in [0.05, 0.1) is 19.8 Å². The molecule has 0 bridgehead atoms. The number of nitrogens with zero attached hydrogens (tertiary/aromatic N) is 1. The fourth-order valence-corrected chi connectivity index (χ4v) is 2.83. The van der Waals surface area contributed by atoms with Crippen LogP contribution in [0.5, 0.6) is 0 Å². The van der Waals surface area contributed by atoms with E-state index >= 15 is 0 Å². The minimum absolute atomic E-state index is 0. The normalized spacial score (nSPS) is 15.2. The molecule has 0 aliphatic carbocycles. The van der Waals surface area contributed by atoms with Crippen LogP contribution in [0.3, 0.4) is 0 Å². The van der Waals surface area contributed by atoms with Crippen molar-refractivity contribution in [2.75, 3.05) is 39.4 Å². The van der Waals surface area contributed by atoms with Gasteiger partial charge in [0.1, 0.15) is 11.5 Å². The first-order valence-electron chi connectivity index (χ1n) is 8.17. The summed E-state index contributed by atoms with van der Waals surface area (Å²) in [7, 11) is 0. The van der Waals surface area contributed by atoms with Crippen LogP contribution >= 0.6 is 24.0 Å². The molecule has 1 N–H and O–H groups in total. The molecule has 1 fully saturated rings. The van der Waals surface area contributed by atoms with Gasteiger partial charge in [-0.25, -0.2) is 0 Å². The second-order valence-electron chi connectivity index (χ2n) is 5.76. The molecule has 3 rings (SSSR count). The number of morpholine rings is 1. The highest BCUT2D eigenvalue weighted by Crippen LogP contribution is 2.23. The van der Waals surface area contributed by atoms with Crippen molar-refractivity contribution in [3.8, 4) is 11.3 Å². The fourth-order valence-electron chi connectivity index (χ4n) is 2.71. The molecule has 2 heterocycles. The van der Waals surface area contributed by atoms with Gasteiger partial charge in [0.15, 0.2) is 0 Å². The standard InChI is InChI=1S/C18H23ClN2O2.ClH/c19-16-4-2-15(3-5-16)18-7-6-17(23-18)14-20-8-1-9-21-10-12-22-13-11-21;/h2-7,20H,1,8-14H2;1H. The van der Waals surface area contributed by atoms with Crippen LogP contribution in [0.4, 0.5) is 0 Å². The van der Waals surface area contributed by atoms with Crippen molar-refractivity contribution in [1.82, 2.24) is 10.2 Å². The van der Waals surface area contributed by atoms with Crippen LogP contribution in [0.2, 0.25) is 5.02 Å². The third-order valence-corrected chi connectivity index (χ3v) is 4.27. The first-order valence-corrected chi connectivity index (χ1v) is 8.54. The average molecular weight is 371 g/mol. The highest BCUT2D eigenvalue weighted by molar-refractivity contribution is 6.30. The summed E-state index contributed by atoms with van der Waals surface area (Å²) in [6.07, 6.45) is 1.14. The van der Waals surface area contributed by atoms with Gasteiger partial charge in [-0.05, 0) is 55.9 Å². The highest BCUT2D eigenvalue weighted by Gasteiger charge is 2.09. The largest absolute Gasteiger partial charge is 0.460 e. The van der Waals surface area contributed by atoms with Crippen molar-refractivity contribution in [2.45, 2.75) is 13.0 Å². The van der Waals surface area contributed by atoms with Crippen LogP contribution in [0.1, 0.15) is 12.2 Å². The molecule has 0 amide bonds. The lowest BCUT2D eigenvalue weighted by Crippen LogP contribution is -2.37. The van der Waals surface area contributed by atoms with Crippen LogP contribution < -0.4 is 5.32 Å². The monoisotopic (exact) mass is 370 g/mol. The summed E-state index contributed by atoms with van der Waals surface area (Å²) in [4.78, 5) is 2.46. The van der Waals surface area contributed by atoms with Crippen molar-refractivity contribution in [3.63, 3.8) is 0 Å². The molecule has 2 aromatic rings. The van der Waals surface area contributed by atoms with Crippen molar-refractivity contribution in [2.24, 2.45) is 0 Å². The predicted octanol–water partition coefficient (Wildman–Crippen LogP) is 3.83. The van der Waals surface area contributed by atoms with E-state index in [9.17, 15) is 0 Å². The molecule has 0 atom stereocenters. The van der Waals surface area contributed by atoms with E-state index in [1.54, 1.807) is 0 Å². The zero-order valence-corrected chi connectivity index (χ0v) is 15.2. The molecular weight excluding hydrogens is 347 g/mol. The Morgan fingerprint density at radius 3 is 2.54 bits per heavy atom. The third kappa shape index (κ3) is 5.80. The molecule has 1 aromatic carbocycles. The number of rotatable bonds is 7. The minimum atomic E-state index is 0. The highest BCUT2D eigenvalue weighted by atomic mass is 35.5. The first kappa shape index (κ1) is 19.3. The van der Waals surface area contributed by atoms with E-state index in [0.29, 0.717) is 0 Å². The molecule has 1 aromatic heterocycles. The summed E-state index contributed by atoms with van der Waals surface area (Å²) in [6, 6.07) is 11.7. The second-order valence-corrected chi connectivity index (χ2v) is 6.19. The second kappa shape index (κ2) is 10.1. The molecule has 132 valence electrons. The van der Waals surface area contributed by atoms with E-state index in [2.05, 4.69) is 10.2 Å². The summed E-state index contributed by atoms with van der Waals surface area (Å²) < 4.78 is 11.2. The van der Waals surface area contributed by atoms with Gasteiger partial charge >= 0.3 is 0 Å². The van der Waals surface area contributed by atoms with E-state index in [0.717, 1.165) is 74.5 Å². The van der Waals surface area contributed by atoms with Crippen molar-refractivity contribution < 1.29 is 9.15 Å². The smallest absolute Gasteiger partial charge is 0.134 e. The number of hydrogen-bond donors (Lipinski definition) is 1. The van der Waals surface area contributed by atoms with E-state index in [-0.39, 0.29) is 12.4 Å². The van der Waals surface area contributed by atoms with E-state index < -0.39 is 0 Å². The summed E-state index contributed by atoms with van der Waals surface area (Å²) >= 11 is 5.91. The lowest BCUT2D eigenvalue weighted by Gasteiger charge is -2.26. The lowest BCUT2D eigenvalue weighted by atomic mass is 10.2. The van der Waals surface area contributed by atoms with Gasteiger partial charge in [-0.15, -0.1) is 12.4 Å². The maximum Gasteiger partial charge on any atom is 0.134 e. The molecule has 1 aliphatic rings. The Hall–Kier alpha value is -1.04. The number of furan rings is 1. The Kier molecular flexibility index (Phi) is 8.09. The number of nitrogens with one attached hydrogen (secondary N) is 1. The van der Waals surface area contributed by atoms with E-state index in [1.165, 1.54) is 0 Å². The van der Waals surface area contributed by atoms with Crippen LogP contribution in [-0.4, -0.2) is 44.3 Å². The van der Waals surface area contributed by atoms with Gasteiger partial charge in [0.25, 0.3) is 0 Å². The molecule has 24 heavy (non-hydrogen) atoms. The number of benzene rings is 1. The van der Waals surface area contributed by atoms with Gasteiger partial charge in [0, 0.05) is 23.7 Å². The topological polar surface area (TPSA) is 37.6 Å². The van der Waals surface area contributed by atoms with Gasteiger partial charge in [-0.2, -0.15) is 0 Å².